The molecule has 0 aliphatic carbocycles. The van der Waals surface area contributed by atoms with E-state index in [-0.39, 0.29) is 5.91 Å². The van der Waals surface area contributed by atoms with Crippen molar-refractivity contribution < 1.29 is 4.79 Å². The molecule has 0 aliphatic rings. The Morgan fingerprint density at radius 1 is 1.05 bits per heavy atom. The zero-order valence-corrected chi connectivity index (χ0v) is 13.9. The van der Waals surface area contributed by atoms with E-state index in [0.717, 1.165) is 11.3 Å². The SMILES string of the molecule is CC(C)c1ccc(NC(=O)C=Cc2ccc(Cl)c(Cl)c2)cc1. The van der Waals surface area contributed by atoms with Gasteiger partial charge in [-0.1, -0.05) is 55.2 Å². The highest BCUT2D eigenvalue weighted by atomic mass is 35.5. The Hall–Kier alpha value is -1.77. The first-order valence-corrected chi connectivity index (χ1v) is 7.75. The molecule has 4 heteroatoms. The molecule has 0 saturated carbocycles. The van der Waals surface area contributed by atoms with E-state index in [1.54, 1.807) is 24.3 Å². The minimum atomic E-state index is -0.191. The molecule has 0 heterocycles. The van der Waals surface area contributed by atoms with E-state index < -0.39 is 0 Å². The second-order valence-electron chi connectivity index (χ2n) is 5.27. The van der Waals surface area contributed by atoms with Crippen LogP contribution in [0.5, 0.6) is 0 Å². The molecule has 0 radical (unpaired) electrons. The molecule has 0 atom stereocenters. The van der Waals surface area contributed by atoms with Crippen LogP contribution in [0.4, 0.5) is 5.69 Å². The first-order chi connectivity index (χ1) is 10.5. The van der Waals surface area contributed by atoms with Crippen LogP contribution < -0.4 is 5.32 Å². The topological polar surface area (TPSA) is 29.1 Å². The third-order valence-corrected chi connectivity index (χ3v) is 3.95. The number of benzene rings is 2. The fraction of sp³-hybridized carbons (Fsp3) is 0.167. The smallest absolute Gasteiger partial charge is 0.248 e. The predicted octanol–water partition coefficient (Wildman–Crippen LogP) is 5.77. The lowest BCUT2D eigenvalue weighted by Gasteiger charge is -2.07. The highest BCUT2D eigenvalue weighted by molar-refractivity contribution is 6.42. The lowest BCUT2D eigenvalue weighted by molar-refractivity contribution is -0.111. The molecule has 0 unspecified atom stereocenters. The molecule has 0 aliphatic heterocycles. The lowest BCUT2D eigenvalue weighted by atomic mass is 10.0. The van der Waals surface area contributed by atoms with Crippen molar-refractivity contribution in [3.05, 3.63) is 69.7 Å². The van der Waals surface area contributed by atoms with Gasteiger partial charge in [-0.15, -0.1) is 0 Å². The average Bonchev–Trinajstić information content (AvgIpc) is 2.49. The van der Waals surface area contributed by atoms with Gasteiger partial charge in [-0.3, -0.25) is 4.79 Å². The Labute approximate surface area is 140 Å². The summed E-state index contributed by atoms with van der Waals surface area (Å²) in [6.07, 6.45) is 3.16. The van der Waals surface area contributed by atoms with Gasteiger partial charge in [-0.2, -0.15) is 0 Å². The summed E-state index contributed by atoms with van der Waals surface area (Å²) >= 11 is 11.8. The van der Waals surface area contributed by atoms with E-state index >= 15 is 0 Å². The van der Waals surface area contributed by atoms with Gasteiger partial charge < -0.3 is 5.32 Å². The second kappa shape index (κ2) is 7.48. The Morgan fingerprint density at radius 2 is 1.73 bits per heavy atom. The summed E-state index contributed by atoms with van der Waals surface area (Å²) in [7, 11) is 0. The molecule has 1 N–H and O–H groups in total. The lowest BCUT2D eigenvalue weighted by Crippen LogP contribution is -2.07. The molecule has 0 saturated heterocycles. The fourth-order valence-electron chi connectivity index (χ4n) is 1.92. The van der Waals surface area contributed by atoms with Crippen molar-refractivity contribution in [2.75, 3.05) is 5.32 Å². The van der Waals surface area contributed by atoms with Gasteiger partial charge in [0.25, 0.3) is 0 Å². The van der Waals surface area contributed by atoms with E-state index in [0.29, 0.717) is 16.0 Å². The minimum Gasteiger partial charge on any atom is -0.323 e. The molecule has 0 fully saturated rings. The molecule has 2 nitrogen and oxygen atoms in total. The molecule has 2 aromatic carbocycles. The molecular formula is C18H17Cl2NO. The standard InChI is InChI=1S/C18H17Cl2NO/c1-12(2)14-5-7-15(8-6-14)21-18(22)10-4-13-3-9-16(19)17(20)11-13/h3-12H,1-2H3,(H,21,22). The molecule has 0 bridgehead atoms. The van der Waals surface area contributed by atoms with Crippen LogP contribution in [0, 0.1) is 0 Å². The zero-order chi connectivity index (χ0) is 16.1. The Morgan fingerprint density at radius 3 is 2.32 bits per heavy atom. The summed E-state index contributed by atoms with van der Waals surface area (Å²) in [5, 5.41) is 3.78. The summed E-state index contributed by atoms with van der Waals surface area (Å²) in [6.45, 7) is 4.27. The van der Waals surface area contributed by atoms with Crippen LogP contribution in [-0.4, -0.2) is 5.91 Å². The van der Waals surface area contributed by atoms with Crippen molar-refractivity contribution >= 4 is 40.9 Å². The number of carbonyl (C=O) groups is 1. The van der Waals surface area contributed by atoms with Crippen LogP contribution in [0.3, 0.4) is 0 Å². The number of rotatable bonds is 4. The number of hydrogen-bond acceptors (Lipinski definition) is 1. The van der Waals surface area contributed by atoms with E-state index in [9.17, 15) is 4.79 Å². The van der Waals surface area contributed by atoms with Crippen LogP contribution in [0.15, 0.2) is 48.5 Å². The second-order valence-corrected chi connectivity index (χ2v) is 6.09. The van der Waals surface area contributed by atoms with E-state index in [4.69, 9.17) is 23.2 Å². The van der Waals surface area contributed by atoms with Gasteiger partial charge in [-0.05, 0) is 47.4 Å². The third-order valence-electron chi connectivity index (χ3n) is 3.22. The number of halogens is 2. The van der Waals surface area contributed by atoms with E-state index in [1.807, 2.05) is 24.3 Å². The van der Waals surface area contributed by atoms with Crippen molar-refractivity contribution in [2.45, 2.75) is 19.8 Å². The predicted molar refractivity (Wildman–Crippen MR) is 94.7 cm³/mol. The van der Waals surface area contributed by atoms with Crippen LogP contribution >= 0.6 is 23.2 Å². The summed E-state index contributed by atoms with van der Waals surface area (Å²) in [5.41, 5.74) is 2.83. The Kier molecular flexibility index (Phi) is 5.64. The molecule has 2 aromatic rings. The Bertz CT molecular complexity index is 691. The van der Waals surface area contributed by atoms with Gasteiger partial charge in [-0.25, -0.2) is 0 Å². The van der Waals surface area contributed by atoms with E-state index in [2.05, 4.69) is 19.2 Å². The number of nitrogens with one attached hydrogen (secondary N) is 1. The number of carbonyl (C=O) groups excluding carboxylic acids is 1. The van der Waals surface area contributed by atoms with E-state index in [1.165, 1.54) is 11.6 Å². The van der Waals surface area contributed by atoms with Crippen molar-refractivity contribution in [3.63, 3.8) is 0 Å². The van der Waals surface area contributed by atoms with Crippen LogP contribution in [0.2, 0.25) is 10.0 Å². The van der Waals surface area contributed by atoms with Crippen molar-refractivity contribution in [3.8, 4) is 0 Å². The first-order valence-electron chi connectivity index (χ1n) is 7.00. The van der Waals surface area contributed by atoms with Crippen molar-refractivity contribution in [1.82, 2.24) is 0 Å². The zero-order valence-electron chi connectivity index (χ0n) is 12.4. The molecule has 114 valence electrons. The molecule has 0 aromatic heterocycles. The molecular weight excluding hydrogens is 317 g/mol. The molecule has 2 rings (SSSR count). The quantitative estimate of drug-likeness (QED) is 0.707. The highest BCUT2D eigenvalue weighted by Gasteiger charge is 2.01. The van der Waals surface area contributed by atoms with Gasteiger partial charge in [0.2, 0.25) is 5.91 Å². The van der Waals surface area contributed by atoms with Gasteiger partial charge >= 0.3 is 0 Å². The normalized spacial score (nSPS) is 11.1. The molecule has 1 amide bonds. The van der Waals surface area contributed by atoms with Gasteiger partial charge in [0.15, 0.2) is 0 Å². The van der Waals surface area contributed by atoms with Crippen molar-refractivity contribution in [2.24, 2.45) is 0 Å². The fourth-order valence-corrected chi connectivity index (χ4v) is 2.23. The monoisotopic (exact) mass is 333 g/mol. The average molecular weight is 334 g/mol. The third kappa shape index (κ3) is 4.62. The maximum absolute atomic E-state index is 11.9. The van der Waals surface area contributed by atoms with Crippen LogP contribution in [0.25, 0.3) is 6.08 Å². The summed E-state index contributed by atoms with van der Waals surface area (Å²) in [4.78, 5) is 11.9. The van der Waals surface area contributed by atoms with Crippen molar-refractivity contribution in [1.29, 1.82) is 0 Å². The Balaban J connectivity index is 2.00. The maximum Gasteiger partial charge on any atom is 0.248 e. The maximum atomic E-state index is 11.9. The number of anilines is 1. The summed E-state index contributed by atoms with van der Waals surface area (Å²) < 4.78 is 0. The largest absolute Gasteiger partial charge is 0.323 e. The first kappa shape index (κ1) is 16.6. The van der Waals surface area contributed by atoms with Crippen LogP contribution in [-0.2, 0) is 4.79 Å². The van der Waals surface area contributed by atoms with Gasteiger partial charge in [0, 0.05) is 11.8 Å². The molecule has 22 heavy (non-hydrogen) atoms. The van der Waals surface area contributed by atoms with Crippen LogP contribution in [0.1, 0.15) is 30.9 Å². The van der Waals surface area contributed by atoms with Gasteiger partial charge in [0.1, 0.15) is 0 Å². The minimum absolute atomic E-state index is 0.191. The number of amides is 1. The highest BCUT2D eigenvalue weighted by Crippen LogP contribution is 2.23. The molecule has 0 spiro atoms. The number of hydrogen-bond donors (Lipinski definition) is 1. The van der Waals surface area contributed by atoms with Gasteiger partial charge in [0.05, 0.1) is 10.0 Å². The summed E-state index contributed by atoms with van der Waals surface area (Å²) in [5.74, 6) is 0.280. The summed E-state index contributed by atoms with van der Waals surface area (Å²) in [6, 6.07) is 13.1.